The summed E-state index contributed by atoms with van der Waals surface area (Å²) in [4.78, 5) is 35.3. The molecule has 0 aliphatic rings. The fourth-order valence-corrected chi connectivity index (χ4v) is 2.52. The molecule has 0 unspecified atom stereocenters. The molecule has 3 aromatic rings. The normalized spacial score (nSPS) is 12.1. The highest BCUT2D eigenvalue weighted by Gasteiger charge is 2.14. The minimum absolute atomic E-state index is 0.106. The van der Waals surface area contributed by atoms with Crippen molar-refractivity contribution in [1.29, 1.82) is 0 Å². The molecule has 25 heavy (non-hydrogen) atoms. The number of aromatic nitrogens is 3. The lowest BCUT2D eigenvalue weighted by molar-refractivity contribution is -0.121. The van der Waals surface area contributed by atoms with Crippen LogP contribution in [0, 0.1) is 12.7 Å². The smallest absolute Gasteiger partial charge is 0.252 e. The molecule has 6 nitrogen and oxygen atoms in total. The number of rotatable bonds is 4. The molecular weight excluding hydrogens is 323 g/mol. The summed E-state index contributed by atoms with van der Waals surface area (Å²) in [5.74, 6) is -0.724. The Bertz CT molecular complexity index is 983. The number of aromatic amines is 1. The van der Waals surface area contributed by atoms with Crippen LogP contribution in [0.5, 0.6) is 0 Å². The minimum Gasteiger partial charge on any atom is -0.348 e. The van der Waals surface area contributed by atoms with E-state index in [0.717, 1.165) is 5.69 Å². The van der Waals surface area contributed by atoms with Crippen LogP contribution in [0.25, 0.3) is 10.9 Å². The molecule has 3 rings (SSSR count). The van der Waals surface area contributed by atoms with Gasteiger partial charge in [-0.25, -0.2) is 4.39 Å². The zero-order valence-corrected chi connectivity index (χ0v) is 13.8. The number of amides is 1. The van der Waals surface area contributed by atoms with E-state index in [1.807, 2.05) is 6.92 Å². The van der Waals surface area contributed by atoms with E-state index in [9.17, 15) is 14.0 Å². The maximum atomic E-state index is 13.3. The Balaban J connectivity index is 1.76. The lowest BCUT2D eigenvalue weighted by atomic mass is 10.1. The number of nitrogens with zero attached hydrogens (tertiary/aromatic N) is 2. The van der Waals surface area contributed by atoms with Crippen LogP contribution < -0.4 is 10.9 Å². The van der Waals surface area contributed by atoms with Crippen molar-refractivity contribution in [3.05, 3.63) is 69.8 Å². The number of hydrogen-bond donors (Lipinski definition) is 2. The first-order chi connectivity index (χ1) is 11.9. The summed E-state index contributed by atoms with van der Waals surface area (Å²) in [7, 11) is 0. The van der Waals surface area contributed by atoms with Crippen molar-refractivity contribution in [3.8, 4) is 0 Å². The lowest BCUT2D eigenvalue weighted by Gasteiger charge is -2.13. The molecular formula is C18H17FN4O2. The van der Waals surface area contributed by atoms with Crippen LogP contribution in [0.4, 0.5) is 4.39 Å². The van der Waals surface area contributed by atoms with E-state index >= 15 is 0 Å². The van der Waals surface area contributed by atoms with Crippen molar-refractivity contribution in [1.82, 2.24) is 20.3 Å². The van der Waals surface area contributed by atoms with Gasteiger partial charge in [0.15, 0.2) is 0 Å². The molecule has 2 heterocycles. The highest BCUT2D eigenvalue weighted by atomic mass is 19.1. The largest absolute Gasteiger partial charge is 0.348 e. The molecule has 0 aliphatic heterocycles. The van der Waals surface area contributed by atoms with Crippen LogP contribution in [0.15, 0.2) is 41.5 Å². The number of halogens is 1. The molecule has 0 bridgehead atoms. The summed E-state index contributed by atoms with van der Waals surface area (Å²) in [5, 5.41) is 3.32. The van der Waals surface area contributed by atoms with E-state index in [1.165, 1.54) is 24.3 Å². The first-order valence-corrected chi connectivity index (χ1v) is 7.82. The van der Waals surface area contributed by atoms with E-state index in [1.54, 1.807) is 19.3 Å². The Labute approximate surface area is 143 Å². The number of hydrogen-bond acceptors (Lipinski definition) is 4. The predicted octanol–water partition coefficient (Wildman–Crippen LogP) is 2.19. The van der Waals surface area contributed by atoms with E-state index in [4.69, 9.17) is 0 Å². The lowest BCUT2D eigenvalue weighted by Crippen LogP contribution is -2.30. The van der Waals surface area contributed by atoms with Crippen molar-refractivity contribution < 1.29 is 9.18 Å². The first-order valence-electron chi connectivity index (χ1n) is 7.82. The van der Waals surface area contributed by atoms with E-state index in [2.05, 4.69) is 20.3 Å². The molecule has 1 aromatic carbocycles. The van der Waals surface area contributed by atoms with Gasteiger partial charge in [0, 0.05) is 22.7 Å². The zero-order chi connectivity index (χ0) is 18.0. The fourth-order valence-electron chi connectivity index (χ4n) is 2.52. The number of benzene rings is 1. The molecule has 2 aromatic heterocycles. The second kappa shape index (κ2) is 6.80. The van der Waals surface area contributed by atoms with E-state index < -0.39 is 5.82 Å². The number of pyridine rings is 1. The average molecular weight is 340 g/mol. The van der Waals surface area contributed by atoms with Gasteiger partial charge >= 0.3 is 0 Å². The minimum atomic E-state index is -0.401. The Hall–Kier alpha value is -3.09. The topological polar surface area (TPSA) is 87.7 Å². The number of nitrogens with one attached hydrogen (secondary N) is 2. The molecule has 0 saturated heterocycles. The van der Waals surface area contributed by atoms with Crippen LogP contribution in [0.2, 0.25) is 0 Å². The molecule has 1 amide bonds. The second-order valence-corrected chi connectivity index (χ2v) is 5.90. The van der Waals surface area contributed by atoms with Gasteiger partial charge in [-0.05, 0) is 38.1 Å². The van der Waals surface area contributed by atoms with Gasteiger partial charge in [-0.15, -0.1) is 0 Å². The third-order valence-corrected chi connectivity index (χ3v) is 3.86. The highest BCUT2D eigenvalue weighted by molar-refractivity contribution is 5.82. The number of carbonyl (C=O) groups excluding carboxylic acids is 1. The Morgan fingerprint density at radius 2 is 2.08 bits per heavy atom. The maximum absolute atomic E-state index is 13.3. The van der Waals surface area contributed by atoms with Crippen molar-refractivity contribution in [2.75, 3.05) is 0 Å². The van der Waals surface area contributed by atoms with Gasteiger partial charge in [0.05, 0.1) is 30.0 Å². The van der Waals surface area contributed by atoms with Crippen LogP contribution in [0.1, 0.15) is 29.9 Å². The SMILES string of the molecule is Cc1cnc([C@H](C)NC(=O)Cc2cc3cc(F)ccc3[nH]c2=O)cn1. The van der Waals surface area contributed by atoms with Gasteiger partial charge < -0.3 is 10.3 Å². The van der Waals surface area contributed by atoms with Gasteiger partial charge in [0.2, 0.25) is 5.91 Å². The quantitative estimate of drug-likeness (QED) is 0.762. The number of aryl methyl sites for hydroxylation is 1. The number of carbonyl (C=O) groups is 1. The monoisotopic (exact) mass is 340 g/mol. The standard InChI is InChI=1S/C18H17FN4O2/c1-10-8-21-16(9-20-10)11(2)22-17(24)7-13-5-12-6-14(19)3-4-15(12)23-18(13)25/h3-6,8-9,11H,7H2,1-2H3,(H,22,24)(H,23,25)/t11-/m0/s1. The highest BCUT2D eigenvalue weighted by Crippen LogP contribution is 2.13. The van der Waals surface area contributed by atoms with Crippen LogP contribution in [-0.4, -0.2) is 20.9 Å². The molecule has 128 valence electrons. The fraction of sp³-hybridized carbons (Fsp3) is 0.222. The molecule has 7 heteroatoms. The third-order valence-electron chi connectivity index (χ3n) is 3.86. The average Bonchev–Trinajstić information content (AvgIpc) is 2.56. The predicted molar refractivity (Wildman–Crippen MR) is 91.6 cm³/mol. The van der Waals surface area contributed by atoms with Gasteiger partial charge in [-0.2, -0.15) is 0 Å². The number of fused-ring (bicyclic) bond motifs is 1. The summed E-state index contributed by atoms with van der Waals surface area (Å²) >= 11 is 0. The molecule has 0 aliphatic carbocycles. The Morgan fingerprint density at radius 3 is 2.80 bits per heavy atom. The first kappa shape index (κ1) is 16.8. The summed E-state index contributed by atoms with van der Waals surface area (Å²) < 4.78 is 13.3. The Kier molecular flexibility index (Phi) is 4.56. The molecule has 0 fully saturated rings. The van der Waals surface area contributed by atoms with Crippen molar-refractivity contribution >= 4 is 16.8 Å². The van der Waals surface area contributed by atoms with Crippen molar-refractivity contribution in [2.24, 2.45) is 0 Å². The van der Waals surface area contributed by atoms with E-state index in [0.29, 0.717) is 16.6 Å². The third kappa shape index (κ3) is 3.88. The molecule has 0 spiro atoms. The maximum Gasteiger partial charge on any atom is 0.252 e. The summed E-state index contributed by atoms with van der Waals surface area (Å²) in [6.45, 7) is 3.62. The van der Waals surface area contributed by atoms with Crippen molar-refractivity contribution in [3.63, 3.8) is 0 Å². The molecule has 2 N–H and O–H groups in total. The second-order valence-electron chi connectivity index (χ2n) is 5.90. The Morgan fingerprint density at radius 1 is 1.28 bits per heavy atom. The number of H-pyrrole nitrogens is 1. The molecule has 1 atom stereocenters. The van der Waals surface area contributed by atoms with Gasteiger partial charge in [0.25, 0.3) is 5.56 Å². The van der Waals surface area contributed by atoms with Gasteiger partial charge in [0.1, 0.15) is 5.82 Å². The molecule has 0 radical (unpaired) electrons. The summed E-state index contributed by atoms with van der Waals surface area (Å²) in [6, 6.07) is 5.28. The van der Waals surface area contributed by atoms with Crippen LogP contribution in [0.3, 0.4) is 0 Å². The summed E-state index contributed by atoms with van der Waals surface area (Å²) in [5.41, 5.74) is 1.86. The van der Waals surface area contributed by atoms with E-state index in [-0.39, 0.29) is 29.5 Å². The van der Waals surface area contributed by atoms with Gasteiger partial charge in [-0.1, -0.05) is 0 Å². The molecule has 0 saturated carbocycles. The van der Waals surface area contributed by atoms with Gasteiger partial charge in [-0.3, -0.25) is 19.6 Å². The van der Waals surface area contributed by atoms with Crippen molar-refractivity contribution in [2.45, 2.75) is 26.3 Å². The van der Waals surface area contributed by atoms with Crippen LogP contribution >= 0.6 is 0 Å². The summed E-state index contributed by atoms with van der Waals surface area (Å²) in [6.07, 6.45) is 3.12. The zero-order valence-electron chi connectivity index (χ0n) is 13.8. The van der Waals surface area contributed by atoms with Crippen LogP contribution in [-0.2, 0) is 11.2 Å².